The number of aryl methyl sites for hydroxylation is 1. The maximum Gasteiger partial charge on any atom is 0.221 e. The van der Waals surface area contributed by atoms with E-state index < -0.39 is 10.0 Å². The molecule has 0 spiro atoms. The Kier molecular flexibility index (Phi) is 7.38. The van der Waals surface area contributed by atoms with E-state index >= 15 is 0 Å². The van der Waals surface area contributed by atoms with Crippen LogP contribution in [0.5, 0.6) is 5.75 Å². The van der Waals surface area contributed by atoms with Gasteiger partial charge in [0.25, 0.3) is 0 Å². The van der Waals surface area contributed by atoms with Gasteiger partial charge >= 0.3 is 0 Å². The molecule has 0 aliphatic rings. The van der Waals surface area contributed by atoms with E-state index in [0.717, 1.165) is 22.9 Å². The third-order valence-corrected chi connectivity index (χ3v) is 5.58. The largest absolute Gasteiger partial charge is 0.496 e. The smallest absolute Gasteiger partial charge is 0.221 e. The van der Waals surface area contributed by atoms with Gasteiger partial charge < -0.3 is 10.1 Å². The first-order valence-electron chi connectivity index (χ1n) is 8.69. The Balaban J connectivity index is 1.96. The molecule has 0 saturated carbocycles. The van der Waals surface area contributed by atoms with Crippen molar-refractivity contribution in [2.75, 3.05) is 19.9 Å². The first-order chi connectivity index (χ1) is 12.8. The highest BCUT2D eigenvalue weighted by molar-refractivity contribution is 7.88. The lowest BCUT2D eigenvalue weighted by Gasteiger charge is -2.21. The SMILES string of the molecule is COc1ccccc1CN(CCC(=O)NCc1ccccc1C)S(C)(=O)=O. The summed E-state index contributed by atoms with van der Waals surface area (Å²) in [5, 5.41) is 2.85. The number of carbonyl (C=O) groups excluding carboxylic acids is 1. The molecule has 6 nitrogen and oxygen atoms in total. The molecule has 0 aromatic heterocycles. The molecule has 2 aromatic carbocycles. The first-order valence-corrected chi connectivity index (χ1v) is 10.5. The van der Waals surface area contributed by atoms with Gasteiger partial charge in [0, 0.05) is 31.6 Å². The van der Waals surface area contributed by atoms with Crippen LogP contribution in [0.4, 0.5) is 0 Å². The van der Waals surface area contributed by atoms with Crippen molar-refractivity contribution in [2.24, 2.45) is 0 Å². The highest BCUT2D eigenvalue weighted by atomic mass is 32.2. The zero-order chi connectivity index (χ0) is 19.9. The first kappa shape index (κ1) is 20.9. The average molecular weight is 391 g/mol. The Morgan fingerprint density at radius 2 is 1.70 bits per heavy atom. The van der Waals surface area contributed by atoms with Crippen molar-refractivity contribution >= 4 is 15.9 Å². The molecule has 146 valence electrons. The van der Waals surface area contributed by atoms with Gasteiger partial charge in [-0.2, -0.15) is 4.31 Å². The average Bonchev–Trinajstić information content (AvgIpc) is 2.63. The molecule has 7 heteroatoms. The van der Waals surface area contributed by atoms with Gasteiger partial charge in [-0.1, -0.05) is 42.5 Å². The molecule has 27 heavy (non-hydrogen) atoms. The summed E-state index contributed by atoms with van der Waals surface area (Å²) in [6.45, 7) is 2.68. The maximum atomic E-state index is 12.2. The molecule has 0 atom stereocenters. The van der Waals surface area contributed by atoms with Crippen molar-refractivity contribution in [1.29, 1.82) is 0 Å². The Bertz CT molecular complexity index is 881. The highest BCUT2D eigenvalue weighted by Crippen LogP contribution is 2.20. The van der Waals surface area contributed by atoms with E-state index in [1.807, 2.05) is 49.4 Å². The second-order valence-corrected chi connectivity index (χ2v) is 8.34. The van der Waals surface area contributed by atoms with Gasteiger partial charge in [0.2, 0.25) is 15.9 Å². The van der Waals surface area contributed by atoms with Crippen LogP contribution in [0, 0.1) is 6.92 Å². The number of nitrogens with zero attached hydrogens (tertiary/aromatic N) is 1. The lowest BCUT2D eigenvalue weighted by molar-refractivity contribution is -0.121. The number of benzene rings is 2. The van der Waals surface area contributed by atoms with Crippen LogP contribution in [-0.4, -0.2) is 38.5 Å². The topological polar surface area (TPSA) is 75.7 Å². The van der Waals surface area contributed by atoms with Crippen LogP contribution < -0.4 is 10.1 Å². The van der Waals surface area contributed by atoms with Crippen LogP contribution >= 0.6 is 0 Å². The van der Waals surface area contributed by atoms with E-state index in [-0.39, 0.29) is 25.4 Å². The molecule has 0 saturated heterocycles. The van der Waals surface area contributed by atoms with Crippen molar-refractivity contribution in [1.82, 2.24) is 9.62 Å². The molecule has 0 unspecified atom stereocenters. The fourth-order valence-electron chi connectivity index (χ4n) is 2.70. The highest BCUT2D eigenvalue weighted by Gasteiger charge is 2.20. The number of ether oxygens (including phenoxy) is 1. The van der Waals surface area contributed by atoms with Crippen LogP contribution in [0.1, 0.15) is 23.1 Å². The number of sulfonamides is 1. The summed E-state index contributed by atoms with van der Waals surface area (Å²) in [6.07, 6.45) is 1.24. The molecular weight excluding hydrogens is 364 g/mol. The summed E-state index contributed by atoms with van der Waals surface area (Å²) in [4.78, 5) is 12.2. The fraction of sp³-hybridized carbons (Fsp3) is 0.350. The number of rotatable bonds is 9. The van der Waals surface area contributed by atoms with E-state index in [0.29, 0.717) is 12.3 Å². The van der Waals surface area contributed by atoms with Crippen molar-refractivity contribution in [3.05, 3.63) is 65.2 Å². The molecule has 2 rings (SSSR count). The number of para-hydroxylation sites is 1. The zero-order valence-electron chi connectivity index (χ0n) is 15.9. The third kappa shape index (κ3) is 6.37. The fourth-order valence-corrected chi connectivity index (χ4v) is 3.50. The molecule has 1 amide bonds. The summed E-state index contributed by atoms with van der Waals surface area (Å²) in [7, 11) is -1.92. The Morgan fingerprint density at radius 1 is 1.07 bits per heavy atom. The molecule has 0 radical (unpaired) electrons. The van der Waals surface area contributed by atoms with Gasteiger partial charge in [-0.3, -0.25) is 4.79 Å². The van der Waals surface area contributed by atoms with Gasteiger partial charge in [0.05, 0.1) is 13.4 Å². The quantitative estimate of drug-likeness (QED) is 0.714. The number of hydrogen-bond donors (Lipinski definition) is 1. The van der Waals surface area contributed by atoms with Crippen molar-refractivity contribution in [3.63, 3.8) is 0 Å². The van der Waals surface area contributed by atoms with Gasteiger partial charge in [-0.05, 0) is 24.1 Å². The standard InChI is InChI=1S/C20H26N2O4S/c1-16-8-4-5-9-17(16)14-21-20(23)12-13-22(27(3,24)25)15-18-10-6-7-11-19(18)26-2/h4-11H,12-15H2,1-3H3,(H,21,23). The zero-order valence-corrected chi connectivity index (χ0v) is 16.8. The molecular formula is C20H26N2O4S. The molecule has 0 bridgehead atoms. The number of methoxy groups -OCH3 is 1. The minimum Gasteiger partial charge on any atom is -0.496 e. The van der Waals surface area contributed by atoms with Crippen molar-refractivity contribution < 1.29 is 17.9 Å². The van der Waals surface area contributed by atoms with Crippen LogP contribution in [0.15, 0.2) is 48.5 Å². The number of nitrogens with one attached hydrogen (secondary N) is 1. The van der Waals surface area contributed by atoms with Gasteiger partial charge in [-0.15, -0.1) is 0 Å². The molecule has 0 aliphatic heterocycles. The summed E-state index contributed by atoms with van der Waals surface area (Å²) in [5.41, 5.74) is 2.90. The van der Waals surface area contributed by atoms with Crippen molar-refractivity contribution in [2.45, 2.75) is 26.4 Å². The van der Waals surface area contributed by atoms with Crippen LogP contribution in [0.25, 0.3) is 0 Å². The van der Waals surface area contributed by atoms with E-state index in [4.69, 9.17) is 4.74 Å². The Labute approximate surface area is 161 Å². The maximum absolute atomic E-state index is 12.2. The van der Waals surface area contributed by atoms with E-state index in [9.17, 15) is 13.2 Å². The normalized spacial score (nSPS) is 11.4. The van der Waals surface area contributed by atoms with Crippen molar-refractivity contribution in [3.8, 4) is 5.75 Å². The monoisotopic (exact) mass is 390 g/mol. The Morgan fingerprint density at radius 3 is 2.33 bits per heavy atom. The van der Waals surface area contributed by atoms with Crippen LogP contribution in [-0.2, 0) is 27.9 Å². The van der Waals surface area contributed by atoms with E-state index in [2.05, 4.69) is 5.32 Å². The number of carbonyl (C=O) groups is 1. The summed E-state index contributed by atoms with van der Waals surface area (Å²) >= 11 is 0. The van der Waals surface area contributed by atoms with Gasteiger partial charge in [-0.25, -0.2) is 8.42 Å². The summed E-state index contributed by atoms with van der Waals surface area (Å²) in [6, 6.07) is 15.1. The second kappa shape index (κ2) is 9.53. The molecule has 0 aliphatic carbocycles. The Hall–Kier alpha value is -2.38. The number of hydrogen-bond acceptors (Lipinski definition) is 4. The predicted octanol–water partition coefficient (Wildman–Crippen LogP) is 2.47. The lowest BCUT2D eigenvalue weighted by atomic mass is 10.1. The van der Waals surface area contributed by atoms with Gasteiger partial charge in [0.15, 0.2) is 0 Å². The minimum absolute atomic E-state index is 0.0914. The van der Waals surface area contributed by atoms with E-state index in [1.54, 1.807) is 13.2 Å². The predicted molar refractivity (Wildman–Crippen MR) is 106 cm³/mol. The lowest BCUT2D eigenvalue weighted by Crippen LogP contribution is -2.34. The minimum atomic E-state index is -3.46. The number of amides is 1. The molecule has 0 fully saturated rings. The molecule has 0 heterocycles. The summed E-state index contributed by atoms with van der Waals surface area (Å²) in [5.74, 6) is 0.432. The van der Waals surface area contributed by atoms with Crippen LogP contribution in [0.2, 0.25) is 0 Å². The molecule has 2 aromatic rings. The molecule has 1 N–H and O–H groups in total. The van der Waals surface area contributed by atoms with Crippen LogP contribution in [0.3, 0.4) is 0 Å². The summed E-state index contributed by atoms with van der Waals surface area (Å²) < 4.78 is 30.8. The van der Waals surface area contributed by atoms with E-state index in [1.165, 1.54) is 4.31 Å². The second-order valence-electron chi connectivity index (χ2n) is 6.36. The van der Waals surface area contributed by atoms with Gasteiger partial charge in [0.1, 0.15) is 5.75 Å². The third-order valence-electron chi connectivity index (χ3n) is 4.33.